The number of rotatable bonds is 5. The first-order chi connectivity index (χ1) is 12.4. The fourth-order valence-electron chi connectivity index (χ4n) is 2.43. The van der Waals surface area contributed by atoms with Gasteiger partial charge in [-0.15, -0.1) is 5.10 Å². The van der Waals surface area contributed by atoms with E-state index in [-0.39, 0.29) is 23.3 Å². The summed E-state index contributed by atoms with van der Waals surface area (Å²) in [6.07, 6.45) is 1.74. The van der Waals surface area contributed by atoms with Crippen LogP contribution in [0.25, 0.3) is 11.0 Å². The van der Waals surface area contributed by atoms with Crippen molar-refractivity contribution in [1.29, 1.82) is 5.26 Å². The van der Waals surface area contributed by atoms with Crippen LogP contribution < -0.4 is 11.3 Å². The minimum atomic E-state index is -0.887. The Labute approximate surface area is 146 Å². The van der Waals surface area contributed by atoms with E-state index in [1.54, 1.807) is 18.9 Å². The number of fused-ring (bicyclic) bond motifs is 1. The lowest BCUT2D eigenvalue weighted by atomic mass is 10.2. The zero-order valence-electron chi connectivity index (χ0n) is 13.5. The Morgan fingerprint density at radius 1 is 1.46 bits per heavy atom. The highest BCUT2D eigenvalue weighted by atomic mass is 16.6. The number of nitriles is 1. The number of hydrogen-bond acceptors (Lipinski definition) is 9. The standard InChI is InChI=1S/C14H13N7O5/c1-7(22)25-6-8-2-3-11(26-8)21-14(24)13-12(17-19-21)9(4-15)18-20(13)5-10(16)23/h2-3,8,11H,5-6H2,1H3,(H2,16,23). The molecule has 12 heteroatoms. The summed E-state index contributed by atoms with van der Waals surface area (Å²) >= 11 is 0. The molecule has 1 aliphatic rings. The van der Waals surface area contributed by atoms with Gasteiger partial charge in [-0.1, -0.05) is 5.21 Å². The van der Waals surface area contributed by atoms with Gasteiger partial charge in [0, 0.05) is 19.8 Å². The van der Waals surface area contributed by atoms with Crippen molar-refractivity contribution < 1.29 is 19.1 Å². The average molecular weight is 359 g/mol. The smallest absolute Gasteiger partial charge is 0.302 e. The fourth-order valence-corrected chi connectivity index (χ4v) is 2.43. The molecule has 2 radical (unpaired) electrons. The first-order valence-corrected chi connectivity index (χ1v) is 7.42. The van der Waals surface area contributed by atoms with Crippen LogP contribution in [0.4, 0.5) is 0 Å². The predicted octanol–water partition coefficient (Wildman–Crippen LogP) is -1.79. The minimum absolute atomic E-state index is 0.00898. The molecule has 2 aromatic heterocycles. The number of carbonyl (C=O) groups excluding carboxylic acids is 2. The van der Waals surface area contributed by atoms with E-state index in [1.807, 2.05) is 0 Å². The van der Waals surface area contributed by atoms with E-state index in [0.717, 1.165) is 9.36 Å². The van der Waals surface area contributed by atoms with Crippen LogP contribution in [-0.4, -0.2) is 49.4 Å². The molecule has 0 saturated carbocycles. The van der Waals surface area contributed by atoms with Gasteiger partial charge in [0.25, 0.3) is 5.56 Å². The third kappa shape index (κ3) is 3.24. The fraction of sp³-hybridized carbons (Fsp3) is 0.357. The van der Waals surface area contributed by atoms with Gasteiger partial charge < -0.3 is 15.2 Å². The molecule has 1 saturated heterocycles. The van der Waals surface area contributed by atoms with E-state index in [0.29, 0.717) is 0 Å². The first kappa shape index (κ1) is 17.5. The monoisotopic (exact) mass is 359 g/mol. The number of nitrogens with zero attached hydrogens (tertiary/aromatic N) is 6. The molecule has 26 heavy (non-hydrogen) atoms. The highest BCUT2D eigenvalue weighted by Gasteiger charge is 2.31. The van der Waals surface area contributed by atoms with Crippen LogP contribution in [0.2, 0.25) is 0 Å². The molecule has 2 N–H and O–H groups in total. The minimum Gasteiger partial charge on any atom is -0.463 e. The van der Waals surface area contributed by atoms with Gasteiger partial charge in [0.1, 0.15) is 19.2 Å². The molecule has 3 heterocycles. The lowest BCUT2D eigenvalue weighted by Crippen LogP contribution is -2.31. The number of amides is 1. The van der Waals surface area contributed by atoms with Gasteiger partial charge in [-0.3, -0.25) is 14.4 Å². The Hall–Kier alpha value is -3.33. The highest BCUT2D eigenvalue weighted by molar-refractivity contribution is 5.81. The van der Waals surface area contributed by atoms with Gasteiger partial charge >= 0.3 is 5.97 Å². The summed E-state index contributed by atoms with van der Waals surface area (Å²) in [7, 11) is 0. The topological polar surface area (TPSA) is 168 Å². The molecule has 1 aliphatic heterocycles. The van der Waals surface area contributed by atoms with Crippen molar-refractivity contribution in [1.82, 2.24) is 24.8 Å². The van der Waals surface area contributed by atoms with Gasteiger partial charge in [-0.2, -0.15) is 15.0 Å². The van der Waals surface area contributed by atoms with Crippen LogP contribution in [0.3, 0.4) is 0 Å². The highest BCUT2D eigenvalue weighted by Crippen LogP contribution is 2.25. The van der Waals surface area contributed by atoms with Crippen molar-refractivity contribution in [3.8, 4) is 6.07 Å². The summed E-state index contributed by atoms with van der Waals surface area (Å²) in [5.41, 5.74) is 4.22. The molecule has 2 aromatic rings. The van der Waals surface area contributed by atoms with Crippen LogP contribution in [-0.2, 0) is 25.6 Å². The largest absolute Gasteiger partial charge is 0.463 e. The molecular weight excluding hydrogens is 346 g/mol. The number of aromatic nitrogens is 5. The molecule has 2 unspecified atom stereocenters. The van der Waals surface area contributed by atoms with Crippen molar-refractivity contribution in [2.75, 3.05) is 6.61 Å². The zero-order chi connectivity index (χ0) is 18.8. The van der Waals surface area contributed by atoms with Gasteiger partial charge in [0.2, 0.25) is 5.91 Å². The Morgan fingerprint density at radius 2 is 2.23 bits per heavy atom. The quantitative estimate of drug-likeness (QED) is 0.606. The number of nitrogens with two attached hydrogens (primary N) is 1. The molecule has 1 amide bonds. The van der Waals surface area contributed by atoms with E-state index < -0.39 is 36.3 Å². The van der Waals surface area contributed by atoms with E-state index >= 15 is 0 Å². The number of esters is 1. The van der Waals surface area contributed by atoms with Gasteiger partial charge in [-0.05, 0) is 0 Å². The van der Waals surface area contributed by atoms with E-state index in [1.165, 1.54) is 6.92 Å². The van der Waals surface area contributed by atoms with Crippen molar-refractivity contribution >= 4 is 22.9 Å². The number of hydrogen-bond donors (Lipinski definition) is 1. The summed E-state index contributed by atoms with van der Waals surface area (Å²) in [4.78, 5) is 34.8. The van der Waals surface area contributed by atoms with Crippen molar-refractivity contribution in [2.24, 2.45) is 5.73 Å². The van der Waals surface area contributed by atoms with E-state index in [4.69, 9.17) is 20.5 Å². The summed E-state index contributed by atoms with van der Waals surface area (Å²) in [5, 5.41) is 20.6. The summed E-state index contributed by atoms with van der Waals surface area (Å²) in [6, 6.07) is 1.79. The van der Waals surface area contributed by atoms with Crippen molar-refractivity contribution in [3.63, 3.8) is 0 Å². The van der Waals surface area contributed by atoms with Crippen LogP contribution in [0.1, 0.15) is 18.8 Å². The van der Waals surface area contributed by atoms with Crippen molar-refractivity contribution in [2.45, 2.75) is 25.8 Å². The maximum Gasteiger partial charge on any atom is 0.302 e. The van der Waals surface area contributed by atoms with Gasteiger partial charge in [0.15, 0.2) is 23.0 Å². The summed E-state index contributed by atoms with van der Waals surface area (Å²) in [5.74, 6) is -1.19. The SMILES string of the molecule is CC(=O)OCC1[CH][CH]C(n2nnc3c(C#N)nn(CC(N)=O)c3c2=O)O1. The zero-order valence-corrected chi connectivity index (χ0v) is 13.5. The molecule has 2 atom stereocenters. The molecule has 1 fully saturated rings. The van der Waals surface area contributed by atoms with E-state index in [2.05, 4.69) is 15.4 Å². The Bertz CT molecular complexity index is 972. The molecule has 0 spiro atoms. The number of ether oxygens (including phenoxy) is 2. The molecule has 0 aliphatic carbocycles. The average Bonchev–Trinajstić information content (AvgIpc) is 3.18. The molecule has 0 bridgehead atoms. The molecule has 12 nitrogen and oxygen atoms in total. The Morgan fingerprint density at radius 3 is 2.88 bits per heavy atom. The molecule has 0 aromatic carbocycles. The molecule has 134 valence electrons. The van der Waals surface area contributed by atoms with Gasteiger partial charge in [0.05, 0.1) is 6.10 Å². The third-order valence-corrected chi connectivity index (χ3v) is 3.49. The van der Waals surface area contributed by atoms with E-state index in [9.17, 15) is 14.4 Å². The van der Waals surface area contributed by atoms with Crippen molar-refractivity contribution in [3.05, 3.63) is 28.9 Å². The summed E-state index contributed by atoms with van der Waals surface area (Å²) in [6.45, 7) is 0.868. The Kier molecular flexibility index (Phi) is 4.63. The normalized spacial score (nSPS) is 19.4. The van der Waals surface area contributed by atoms with Gasteiger partial charge in [-0.25, -0.2) is 4.68 Å². The first-order valence-electron chi connectivity index (χ1n) is 7.42. The second-order valence-corrected chi connectivity index (χ2v) is 5.37. The lowest BCUT2D eigenvalue weighted by Gasteiger charge is -2.14. The molecule has 3 rings (SSSR count). The maximum absolute atomic E-state index is 12.8. The maximum atomic E-state index is 12.8. The predicted molar refractivity (Wildman–Crippen MR) is 82.6 cm³/mol. The second kappa shape index (κ2) is 6.89. The summed E-state index contributed by atoms with van der Waals surface area (Å²) < 4.78 is 12.4. The number of primary amides is 1. The van der Waals surface area contributed by atoms with Crippen LogP contribution >= 0.6 is 0 Å². The lowest BCUT2D eigenvalue weighted by molar-refractivity contribution is -0.145. The Balaban J connectivity index is 1.95. The van der Waals surface area contributed by atoms with Crippen LogP contribution in [0.5, 0.6) is 0 Å². The van der Waals surface area contributed by atoms with Crippen LogP contribution in [0, 0.1) is 24.2 Å². The second-order valence-electron chi connectivity index (χ2n) is 5.37. The van der Waals surface area contributed by atoms with Crippen LogP contribution in [0.15, 0.2) is 4.79 Å². The third-order valence-electron chi connectivity index (χ3n) is 3.49. The molecular formula is C14H13N7O5. The number of carbonyl (C=O) groups is 2.